The van der Waals surface area contributed by atoms with E-state index in [0.717, 1.165) is 48.6 Å². The van der Waals surface area contributed by atoms with Gasteiger partial charge in [-0.05, 0) is 31.5 Å². The SMILES string of the molecule is CCC(Nc1nc(-c2cccnc2)nc2c1CCNCC2)C(=O)NC. The Morgan fingerprint density at radius 1 is 1.32 bits per heavy atom. The van der Waals surface area contributed by atoms with Gasteiger partial charge in [-0.2, -0.15) is 0 Å². The smallest absolute Gasteiger partial charge is 0.242 e. The van der Waals surface area contributed by atoms with Crippen LogP contribution in [0.1, 0.15) is 24.6 Å². The predicted octanol–water partition coefficient (Wildman–Crippen LogP) is 1.16. The normalized spacial score (nSPS) is 15.0. The second kappa shape index (κ2) is 8.02. The Labute approximate surface area is 147 Å². The standard InChI is InChI=1S/C18H24N6O/c1-3-14(18(25)19-2)22-17-13-6-9-20-10-7-15(13)23-16(24-17)12-5-4-8-21-11-12/h4-5,8,11,14,20H,3,6-7,9-10H2,1-2H3,(H,19,25)(H,22,23,24). The lowest BCUT2D eigenvalue weighted by molar-refractivity contribution is -0.121. The van der Waals surface area contributed by atoms with Crippen molar-refractivity contribution in [3.05, 3.63) is 35.8 Å². The van der Waals surface area contributed by atoms with E-state index in [1.165, 1.54) is 0 Å². The number of rotatable bonds is 5. The first-order chi connectivity index (χ1) is 12.2. The molecule has 0 spiro atoms. The summed E-state index contributed by atoms with van der Waals surface area (Å²) in [6.45, 7) is 3.76. The lowest BCUT2D eigenvalue weighted by atomic mass is 10.1. The van der Waals surface area contributed by atoms with Crippen LogP contribution in [-0.4, -0.2) is 47.0 Å². The fraction of sp³-hybridized carbons (Fsp3) is 0.444. The molecule has 0 saturated carbocycles. The van der Waals surface area contributed by atoms with E-state index in [1.807, 2.05) is 19.1 Å². The van der Waals surface area contributed by atoms with Crippen LogP contribution in [0.3, 0.4) is 0 Å². The number of nitrogens with one attached hydrogen (secondary N) is 3. The zero-order valence-electron chi connectivity index (χ0n) is 14.7. The van der Waals surface area contributed by atoms with Crippen molar-refractivity contribution >= 4 is 11.7 Å². The molecule has 1 aliphatic heterocycles. The summed E-state index contributed by atoms with van der Waals surface area (Å²) in [5.74, 6) is 1.36. The Morgan fingerprint density at radius 2 is 2.16 bits per heavy atom. The number of hydrogen-bond donors (Lipinski definition) is 3. The molecule has 3 rings (SSSR count). The third kappa shape index (κ3) is 3.93. The molecular weight excluding hydrogens is 316 g/mol. The van der Waals surface area contributed by atoms with Crippen LogP contribution in [0.5, 0.6) is 0 Å². The number of pyridine rings is 1. The van der Waals surface area contributed by atoms with Crippen LogP contribution >= 0.6 is 0 Å². The summed E-state index contributed by atoms with van der Waals surface area (Å²) in [7, 11) is 1.65. The Kier molecular flexibility index (Phi) is 5.55. The van der Waals surface area contributed by atoms with Crippen molar-refractivity contribution in [2.75, 3.05) is 25.5 Å². The van der Waals surface area contributed by atoms with Crippen LogP contribution in [-0.2, 0) is 17.6 Å². The number of amides is 1. The summed E-state index contributed by atoms with van der Waals surface area (Å²) >= 11 is 0. The van der Waals surface area contributed by atoms with Crippen LogP contribution in [0.15, 0.2) is 24.5 Å². The second-order valence-electron chi connectivity index (χ2n) is 6.03. The van der Waals surface area contributed by atoms with Crippen molar-refractivity contribution < 1.29 is 4.79 Å². The molecule has 1 unspecified atom stereocenters. The van der Waals surface area contributed by atoms with E-state index in [0.29, 0.717) is 12.2 Å². The maximum absolute atomic E-state index is 12.1. The number of nitrogens with zero attached hydrogens (tertiary/aromatic N) is 3. The van der Waals surface area contributed by atoms with Crippen molar-refractivity contribution in [1.82, 2.24) is 25.6 Å². The predicted molar refractivity (Wildman–Crippen MR) is 97.3 cm³/mol. The Morgan fingerprint density at radius 3 is 2.88 bits per heavy atom. The first-order valence-corrected chi connectivity index (χ1v) is 8.72. The third-order valence-corrected chi connectivity index (χ3v) is 4.38. The first-order valence-electron chi connectivity index (χ1n) is 8.72. The second-order valence-corrected chi connectivity index (χ2v) is 6.03. The highest BCUT2D eigenvalue weighted by Crippen LogP contribution is 2.25. The summed E-state index contributed by atoms with van der Waals surface area (Å²) < 4.78 is 0. The number of hydrogen-bond acceptors (Lipinski definition) is 6. The zero-order chi connectivity index (χ0) is 17.6. The maximum Gasteiger partial charge on any atom is 0.242 e. The summed E-state index contributed by atoms with van der Waals surface area (Å²) in [5, 5.41) is 9.44. The fourth-order valence-corrected chi connectivity index (χ4v) is 2.98. The minimum Gasteiger partial charge on any atom is -0.358 e. The highest BCUT2D eigenvalue weighted by atomic mass is 16.2. The molecule has 25 heavy (non-hydrogen) atoms. The van der Waals surface area contributed by atoms with Crippen LogP contribution in [0.2, 0.25) is 0 Å². The highest BCUT2D eigenvalue weighted by Gasteiger charge is 2.21. The fourth-order valence-electron chi connectivity index (χ4n) is 2.98. The molecule has 0 radical (unpaired) electrons. The number of fused-ring (bicyclic) bond motifs is 1. The molecule has 0 saturated heterocycles. The van der Waals surface area contributed by atoms with Gasteiger partial charge in [0.1, 0.15) is 11.9 Å². The summed E-state index contributed by atoms with van der Waals surface area (Å²) in [6.07, 6.45) is 5.86. The Hall–Kier alpha value is -2.54. The van der Waals surface area contributed by atoms with Gasteiger partial charge >= 0.3 is 0 Å². The molecule has 0 bridgehead atoms. The summed E-state index contributed by atoms with van der Waals surface area (Å²) in [4.78, 5) is 25.8. The van der Waals surface area contributed by atoms with Gasteiger partial charge in [0.25, 0.3) is 0 Å². The van der Waals surface area contributed by atoms with Crippen LogP contribution in [0.4, 0.5) is 5.82 Å². The number of carbonyl (C=O) groups is 1. The van der Waals surface area contributed by atoms with Gasteiger partial charge in [0.05, 0.1) is 5.69 Å². The monoisotopic (exact) mass is 340 g/mol. The number of carbonyl (C=O) groups excluding carboxylic acids is 1. The molecule has 7 heteroatoms. The van der Waals surface area contributed by atoms with Gasteiger partial charge < -0.3 is 16.0 Å². The molecule has 3 N–H and O–H groups in total. The largest absolute Gasteiger partial charge is 0.358 e. The molecular formula is C18H24N6O. The van der Waals surface area contributed by atoms with Crippen LogP contribution < -0.4 is 16.0 Å². The summed E-state index contributed by atoms with van der Waals surface area (Å²) in [5.41, 5.74) is 3.01. The van der Waals surface area contributed by atoms with E-state index in [-0.39, 0.29) is 11.9 Å². The van der Waals surface area contributed by atoms with Crippen molar-refractivity contribution in [3.63, 3.8) is 0 Å². The lowest BCUT2D eigenvalue weighted by Crippen LogP contribution is -2.37. The molecule has 0 fully saturated rings. The zero-order valence-corrected chi connectivity index (χ0v) is 14.7. The quantitative estimate of drug-likeness (QED) is 0.757. The van der Waals surface area contributed by atoms with Gasteiger partial charge in [-0.3, -0.25) is 9.78 Å². The molecule has 0 aliphatic carbocycles. The molecule has 3 heterocycles. The van der Waals surface area contributed by atoms with E-state index in [9.17, 15) is 4.79 Å². The molecule has 1 amide bonds. The Balaban J connectivity index is 2.03. The molecule has 0 aromatic carbocycles. The van der Waals surface area contributed by atoms with E-state index >= 15 is 0 Å². The molecule has 1 aliphatic rings. The molecule has 7 nitrogen and oxygen atoms in total. The first kappa shape index (κ1) is 17.3. The van der Waals surface area contributed by atoms with Gasteiger partial charge in [-0.1, -0.05) is 6.92 Å². The van der Waals surface area contributed by atoms with Crippen molar-refractivity contribution in [1.29, 1.82) is 0 Å². The van der Waals surface area contributed by atoms with E-state index in [4.69, 9.17) is 9.97 Å². The van der Waals surface area contributed by atoms with E-state index in [2.05, 4.69) is 20.9 Å². The Bertz CT molecular complexity index is 734. The van der Waals surface area contributed by atoms with Gasteiger partial charge in [0.15, 0.2) is 5.82 Å². The van der Waals surface area contributed by atoms with Crippen LogP contribution in [0.25, 0.3) is 11.4 Å². The summed E-state index contributed by atoms with van der Waals surface area (Å²) in [6, 6.07) is 3.50. The van der Waals surface area contributed by atoms with E-state index in [1.54, 1.807) is 19.4 Å². The van der Waals surface area contributed by atoms with E-state index < -0.39 is 0 Å². The average molecular weight is 340 g/mol. The van der Waals surface area contributed by atoms with Gasteiger partial charge in [0.2, 0.25) is 5.91 Å². The van der Waals surface area contributed by atoms with Crippen LogP contribution in [0, 0.1) is 0 Å². The number of likely N-dealkylation sites (N-methyl/N-ethyl adjacent to an activating group) is 1. The van der Waals surface area contributed by atoms with Gasteiger partial charge in [-0.15, -0.1) is 0 Å². The average Bonchev–Trinajstić information content (AvgIpc) is 2.91. The van der Waals surface area contributed by atoms with Gasteiger partial charge in [-0.25, -0.2) is 9.97 Å². The highest BCUT2D eigenvalue weighted by molar-refractivity contribution is 5.84. The maximum atomic E-state index is 12.1. The van der Waals surface area contributed by atoms with Crippen molar-refractivity contribution in [2.24, 2.45) is 0 Å². The molecule has 2 aromatic rings. The molecule has 2 aromatic heterocycles. The number of aromatic nitrogens is 3. The molecule has 1 atom stereocenters. The molecule has 132 valence electrons. The topological polar surface area (TPSA) is 91.8 Å². The minimum absolute atomic E-state index is 0.0375. The minimum atomic E-state index is -0.318. The lowest BCUT2D eigenvalue weighted by Gasteiger charge is -2.20. The van der Waals surface area contributed by atoms with Crippen molar-refractivity contribution in [3.8, 4) is 11.4 Å². The van der Waals surface area contributed by atoms with Gasteiger partial charge in [0, 0.05) is 43.5 Å². The van der Waals surface area contributed by atoms with Crippen molar-refractivity contribution in [2.45, 2.75) is 32.2 Å². The number of anilines is 1. The third-order valence-electron chi connectivity index (χ3n) is 4.38.